The summed E-state index contributed by atoms with van der Waals surface area (Å²) in [6.07, 6.45) is 95.8. The molecule has 0 aromatic rings. The molecule has 0 radical (unpaired) electrons. The monoisotopic (exact) mass is 978 g/mol. The number of aliphatic hydroxyl groups excluding tert-OH is 2. The Morgan fingerprint density at radius 1 is 0.352 bits per heavy atom. The van der Waals surface area contributed by atoms with Crippen LogP contribution in [0, 0.1) is 0 Å². The van der Waals surface area contributed by atoms with E-state index in [1.54, 1.807) is 6.08 Å². The molecule has 0 aliphatic carbocycles. The van der Waals surface area contributed by atoms with Gasteiger partial charge in [-0.15, -0.1) is 0 Å². The Morgan fingerprint density at radius 3 is 0.986 bits per heavy atom. The van der Waals surface area contributed by atoms with Crippen molar-refractivity contribution in [2.75, 3.05) is 6.61 Å². The van der Waals surface area contributed by atoms with E-state index in [-0.39, 0.29) is 12.5 Å². The van der Waals surface area contributed by atoms with Gasteiger partial charge in [-0.25, -0.2) is 0 Å². The fraction of sp³-hybridized carbons (Fsp3) is 0.627. The Bertz CT molecular complexity index is 1480. The van der Waals surface area contributed by atoms with Crippen molar-refractivity contribution in [3.8, 4) is 0 Å². The largest absolute Gasteiger partial charge is 0.394 e. The van der Waals surface area contributed by atoms with Crippen LogP contribution in [0.15, 0.2) is 146 Å². The van der Waals surface area contributed by atoms with Gasteiger partial charge < -0.3 is 15.5 Å². The van der Waals surface area contributed by atoms with Gasteiger partial charge in [0.2, 0.25) is 5.91 Å². The molecule has 0 saturated heterocycles. The van der Waals surface area contributed by atoms with Crippen LogP contribution in [0.5, 0.6) is 0 Å². The van der Waals surface area contributed by atoms with Gasteiger partial charge >= 0.3 is 0 Å². The molecule has 2 unspecified atom stereocenters. The van der Waals surface area contributed by atoms with E-state index in [4.69, 9.17) is 0 Å². The lowest BCUT2D eigenvalue weighted by Gasteiger charge is -2.19. The predicted molar refractivity (Wildman–Crippen MR) is 317 cm³/mol. The molecule has 0 fully saturated rings. The van der Waals surface area contributed by atoms with Crippen LogP contribution in [-0.2, 0) is 4.79 Å². The molecule has 4 nitrogen and oxygen atoms in total. The fourth-order valence-corrected chi connectivity index (χ4v) is 8.10. The summed E-state index contributed by atoms with van der Waals surface area (Å²) in [5, 5.41) is 23.1. The lowest BCUT2D eigenvalue weighted by molar-refractivity contribution is -0.123. The summed E-state index contributed by atoms with van der Waals surface area (Å²) in [5.41, 5.74) is 0. The maximum absolute atomic E-state index is 12.5. The summed E-state index contributed by atoms with van der Waals surface area (Å²) >= 11 is 0. The molecule has 0 rings (SSSR count). The molecule has 2 atom stereocenters. The number of unbranched alkanes of at least 4 members (excludes halogenated alkanes) is 23. The van der Waals surface area contributed by atoms with Gasteiger partial charge in [-0.3, -0.25) is 4.79 Å². The summed E-state index contributed by atoms with van der Waals surface area (Å²) in [4.78, 5) is 12.5. The quantitative estimate of drug-likeness (QED) is 0.0420. The van der Waals surface area contributed by atoms with Crippen molar-refractivity contribution in [2.24, 2.45) is 0 Å². The van der Waals surface area contributed by atoms with Crippen LogP contribution >= 0.6 is 0 Å². The molecule has 0 aliphatic rings. The highest BCUT2D eigenvalue weighted by Gasteiger charge is 2.17. The van der Waals surface area contributed by atoms with Crippen molar-refractivity contribution < 1.29 is 15.0 Å². The summed E-state index contributed by atoms with van der Waals surface area (Å²) in [5.74, 6) is -0.103. The highest BCUT2D eigenvalue weighted by atomic mass is 16.3. The first kappa shape index (κ1) is 67.3. The van der Waals surface area contributed by atoms with Gasteiger partial charge in [-0.2, -0.15) is 0 Å². The van der Waals surface area contributed by atoms with Crippen LogP contribution in [-0.4, -0.2) is 34.9 Å². The summed E-state index contributed by atoms with van der Waals surface area (Å²) in [7, 11) is 0. The Morgan fingerprint density at radius 2 is 0.634 bits per heavy atom. The van der Waals surface area contributed by atoms with Crippen LogP contribution in [0.25, 0.3) is 0 Å². The number of nitrogens with one attached hydrogen (secondary N) is 1. The molecule has 1 amide bonds. The van der Waals surface area contributed by atoms with Gasteiger partial charge in [0.15, 0.2) is 0 Å². The standard InChI is InChI=1S/C67H111NO3/c1-3-5-7-9-11-13-15-17-19-21-23-25-27-29-30-31-32-33-34-35-36-37-38-39-41-43-45-47-49-51-53-55-57-59-61-63-67(71)68-65(64-69)66(70)62-60-58-56-54-52-50-48-46-44-42-40-28-26-24-22-20-18-16-14-12-10-8-6-4-2/h5,7,11,13,17,19,23,25,29-30,32-33,35-36,38-39,43,45,49,51-52,54,60,62,65-66,69-70H,3-4,6,8-10,12,14-16,18,20-22,24,26-28,31,34,37,40-42,44,46-48,50,53,55-59,61,63-64H2,1-2H3,(H,68,71)/b7-5-,13-11-,19-17-,25-23-,30-29-,33-32-,36-35-,39-38-,45-43-,51-49-,54-52+,62-60+. The normalized spacial score (nSPS) is 13.9. The zero-order valence-electron chi connectivity index (χ0n) is 46.2. The molecule has 4 heteroatoms. The molecular formula is C67H111NO3. The van der Waals surface area contributed by atoms with E-state index in [1.807, 2.05) is 6.08 Å². The number of aliphatic hydroxyl groups is 2. The van der Waals surface area contributed by atoms with E-state index in [9.17, 15) is 15.0 Å². The smallest absolute Gasteiger partial charge is 0.220 e. The Labute approximate surface area is 440 Å². The third kappa shape index (κ3) is 57.0. The van der Waals surface area contributed by atoms with Crippen molar-refractivity contribution in [3.05, 3.63) is 146 Å². The predicted octanol–water partition coefficient (Wildman–Crippen LogP) is 20.0. The number of hydrogen-bond acceptors (Lipinski definition) is 3. The van der Waals surface area contributed by atoms with Crippen LogP contribution < -0.4 is 5.32 Å². The first-order valence-corrected chi connectivity index (χ1v) is 29.5. The molecule has 3 N–H and O–H groups in total. The number of carbonyl (C=O) groups is 1. The Hall–Kier alpha value is -3.73. The first-order chi connectivity index (χ1) is 35.2. The second kappa shape index (κ2) is 60.6. The molecule has 0 heterocycles. The summed E-state index contributed by atoms with van der Waals surface area (Å²) in [6.45, 7) is 4.18. The van der Waals surface area contributed by atoms with Crippen LogP contribution in [0.2, 0.25) is 0 Å². The molecule has 0 spiro atoms. The highest BCUT2D eigenvalue weighted by molar-refractivity contribution is 5.76. The van der Waals surface area contributed by atoms with Gasteiger partial charge in [-0.1, -0.05) is 282 Å². The minimum Gasteiger partial charge on any atom is -0.394 e. The topological polar surface area (TPSA) is 69.6 Å². The van der Waals surface area contributed by atoms with Gasteiger partial charge in [0.05, 0.1) is 18.8 Å². The lowest BCUT2D eigenvalue weighted by Crippen LogP contribution is -2.45. The average molecular weight is 979 g/mol. The maximum Gasteiger partial charge on any atom is 0.220 e. The van der Waals surface area contributed by atoms with Crippen molar-refractivity contribution in [1.29, 1.82) is 0 Å². The van der Waals surface area contributed by atoms with Crippen LogP contribution in [0.3, 0.4) is 0 Å². The molecular weight excluding hydrogens is 867 g/mol. The van der Waals surface area contributed by atoms with E-state index >= 15 is 0 Å². The van der Waals surface area contributed by atoms with Crippen molar-refractivity contribution in [3.63, 3.8) is 0 Å². The van der Waals surface area contributed by atoms with Gasteiger partial charge in [0, 0.05) is 6.42 Å². The zero-order chi connectivity index (χ0) is 51.3. The van der Waals surface area contributed by atoms with E-state index in [1.165, 1.54) is 116 Å². The first-order valence-electron chi connectivity index (χ1n) is 29.5. The molecule has 0 bridgehead atoms. The number of carbonyl (C=O) groups excluding carboxylic acids is 1. The van der Waals surface area contributed by atoms with Crippen molar-refractivity contribution >= 4 is 5.91 Å². The highest BCUT2D eigenvalue weighted by Crippen LogP contribution is 2.15. The minimum atomic E-state index is -0.885. The van der Waals surface area contributed by atoms with Crippen molar-refractivity contribution in [1.82, 2.24) is 5.32 Å². The van der Waals surface area contributed by atoms with Crippen molar-refractivity contribution in [2.45, 2.75) is 264 Å². The molecule has 0 saturated carbocycles. The van der Waals surface area contributed by atoms with Crippen LogP contribution in [0.4, 0.5) is 0 Å². The number of hydrogen-bond donors (Lipinski definition) is 3. The molecule has 402 valence electrons. The Balaban J connectivity index is 3.70. The molecule has 0 aromatic carbocycles. The second-order valence-corrected chi connectivity index (χ2v) is 19.3. The third-order valence-electron chi connectivity index (χ3n) is 12.6. The maximum atomic E-state index is 12.5. The summed E-state index contributed by atoms with van der Waals surface area (Å²) < 4.78 is 0. The number of rotatable bonds is 52. The third-order valence-corrected chi connectivity index (χ3v) is 12.6. The van der Waals surface area contributed by atoms with E-state index in [0.29, 0.717) is 6.42 Å². The second-order valence-electron chi connectivity index (χ2n) is 19.3. The van der Waals surface area contributed by atoms with Crippen LogP contribution in [0.1, 0.15) is 251 Å². The minimum absolute atomic E-state index is 0.103. The SMILES string of the molecule is CC/C=C\C/C=C\C/C=C\C/C=C\C/C=C\C/C=C\C/C=C\C/C=C\C/C=C\C/C=C\CCCCCCC(=O)NC(CO)C(O)/C=C/CC/C=C/CCCCCCCCCCCCCCCCCCCC. The fourth-order valence-electron chi connectivity index (χ4n) is 8.10. The molecule has 0 aliphatic heterocycles. The zero-order valence-corrected chi connectivity index (χ0v) is 46.2. The van der Waals surface area contributed by atoms with Gasteiger partial charge in [-0.05, 0) is 109 Å². The van der Waals surface area contributed by atoms with E-state index in [0.717, 1.165) is 116 Å². The molecule has 71 heavy (non-hydrogen) atoms. The van der Waals surface area contributed by atoms with Gasteiger partial charge in [0.25, 0.3) is 0 Å². The lowest BCUT2D eigenvalue weighted by atomic mass is 10.0. The molecule has 0 aromatic heterocycles. The van der Waals surface area contributed by atoms with E-state index in [2.05, 4.69) is 153 Å². The van der Waals surface area contributed by atoms with Gasteiger partial charge in [0.1, 0.15) is 0 Å². The average Bonchev–Trinajstić information content (AvgIpc) is 3.37. The summed E-state index contributed by atoms with van der Waals surface area (Å²) in [6, 6.07) is -0.665. The Kier molecular flexibility index (Phi) is 57.4. The number of amides is 1. The van der Waals surface area contributed by atoms with E-state index < -0.39 is 12.1 Å². The number of allylic oxidation sites excluding steroid dienone is 23.